The maximum atomic E-state index is 13.6. The molecule has 0 unspecified atom stereocenters. The molecule has 0 saturated carbocycles. The number of nitrogens with zero attached hydrogens (tertiary/aromatic N) is 4. The molecule has 2 amide bonds. The first-order chi connectivity index (χ1) is 30.6. The highest BCUT2D eigenvalue weighted by Gasteiger charge is 2.29. The van der Waals surface area contributed by atoms with Gasteiger partial charge in [0.1, 0.15) is 0 Å². The number of benzene rings is 4. The van der Waals surface area contributed by atoms with Crippen molar-refractivity contribution in [2.45, 2.75) is 97.6 Å². The van der Waals surface area contributed by atoms with E-state index >= 15 is 0 Å². The molecule has 0 bridgehead atoms. The number of carbonyl (C=O) groups is 4. The van der Waals surface area contributed by atoms with Gasteiger partial charge in [0.2, 0.25) is 11.8 Å². The predicted molar refractivity (Wildman–Crippen MR) is 254 cm³/mol. The van der Waals surface area contributed by atoms with Gasteiger partial charge in [0.05, 0.1) is 35.9 Å². The molecule has 0 spiro atoms. The topological polar surface area (TPSA) is 164 Å². The van der Waals surface area contributed by atoms with Gasteiger partial charge in [-0.3, -0.25) is 29.4 Å². The van der Waals surface area contributed by atoms with E-state index in [4.69, 9.17) is 9.98 Å². The largest absolute Gasteiger partial charge is 0.480 e. The van der Waals surface area contributed by atoms with Crippen molar-refractivity contribution in [3.63, 3.8) is 0 Å². The normalized spacial score (nSPS) is 12.9. The summed E-state index contributed by atoms with van der Waals surface area (Å²) < 4.78 is 0. The van der Waals surface area contributed by atoms with Crippen molar-refractivity contribution in [2.75, 3.05) is 49.9 Å². The van der Waals surface area contributed by atoms with Gasteiger partial charge in [-0.25, -0.2) is 9.59 Å². The van der Waals surface area contributed by atoms with Crippen molar-refractivity contribution in [1.29, 1.82) is 0 Å². The summed E-state index contributed by atoms with van der Waals surface area (Å²) in [6.45, 7) is 12.1. The highest BCUT2D eigenvalue weighted by Crippen LogP contribution is 2.25. The fraction of sp³-hybridized carbons (Fsp3) is 0.412. The first-order valence-electron chi connectivity index (χ1n) is 22.5. The van der Waals surface area contributed by atoms with Crippen molar-refractivity contribution < 1.29 is 29.4 Å². The molecule has 4 N–H and O–H groups in total. The smallest absolute Gasteiger partial charge is 0.328 e. The Hall–Kier alpha value is -5.98. The number of unbranched alkanes of at least 4 members (excludes halogenated alkanes) is 4. The molecule has 4 rings (SSSR count). The van der Waals surface area contributed by atoms with Crippen LogP contribution in [0.3, 0.4) is 0 Å². The monoisotopic (exact) mass is 859 g/mol. The van der Waals surface area contributed by atoms with E-state index in [0.29, 0.717) is 33.6 Å². The van der Waals surface area contributed by atoms with Crippen LogP contribution in [0.4, 0.5) is 11.4 Å². The van der Waals surface area contributed by atoms with Crippen LogP contribution in [0.25, 0.3) is 0 Å². The number of carboxylic acid groups (broad SMARTS) is 2. The fourth-order valence-corrected chi connectivity index (χ4v) is 7.18. The van der Waals surface area contributed by atoms with Gasteiger partial charge in [-0.15, -0.1) is 0 Å². The van der Waals surface area contributed by atoms with Crippen LogP contribution in [0.1, 0.15) is 108 Å². The molecule has 12 nitrogen and oxygen atoms in total. The van der Waals surface area contributed by atoms with Gasteiger partial charge in [-0.1, -0.05) is 150 Å². The van der Waals surface area contributed by atoms with Gasteiger partial charge >= 0.3 is 11.9 Å². The Morgan fingerprint density at radius 2 is 0.810 bits per heavy atom. The molecule has 0 radical (unpaired) electrons. The SMILES string of the molecule is CCCCN(CCCC)CC(=O)Nc1ccccc1C(=N[C@H](C[C@@H](N=C(c1ccccc1)c1ccccc1NC(=O)CN(CCCC)CCCC)C(=O)O)C(=O)O)c1ccccc1. The van der Waals surface area contributed by atoms with Crippen LogP contribution < -0.4 is 10.6 Å². The summed E-state index contributed by atoms with van der Waals surface area (Å²) in [5.74, 6) is -3.07. The fourth-order valence-electron chi connectivity index (χ4n) is 7.18. The number of nitrogens with one attached hydrogen (secondary N) is 2. The quantitative estimate of drug-likeness (QED) is 0.0411. The van der Waals surface area contributed by atoms with E-state index in [1.165, 1.54) is 0 Å². The van der Waals surface area contributed by atoms with Gasteiger partial charge in [0.25, 0.3) is 0 Å². The van der Waals surface area contributed by atoms with Crippen molar-refractivity contribution >= 4 is 46.6 Å². The highest BCUT2D eigenvalue weighted by molar-refractivity contribution is 6.18. The van der Waals surface area contributed by atoms with Crippen LogP contribution in [-0.2, 0) is 19.2 Å². The maximum absolute atomic E-state index is 13.6. The zero-order chi connectivity index (χ0) is 45.4. The van der Waals surface area contributed by atoms with E-state index in [1.807, 2.05) is 36.4 Å². The van der Waals surface area contributed by atoms with Crippen LogP contribution in [0.15, 0.2) is 119 Å². The first-order valence-corrected chi connectivity index (χ1v) is 22.5. The predicted octanol–water partition coefficient (Wildman–Crippen LogP) is 9.04. The van der Waals surface area contributed by atoms with Crippen LogP contribution in [0.2, 0.25) is 0 Å². The summed E-state index contributed by atoms with van der Waals surface area (Å²) in [7, 11) is 0. The second-order valence-corrected chi connectivity index (χ2v) is 15.8. The number of hydrogen-bond donors (Lipinski definition) is 4. The van der Waals surface area contributed by atoms with Gasteiger partial charge < -0.3 is 20.8 Å². The Morgan fingerprint density at radius 3 is 1.13 bits per heavy atom. The summed E-state index contributed by atoms with van der Waals surface area (Å²) in [5, 5.41) is 27.6. The number of carboxylic acids is 2. The maximum Gasteiger partial charge on any atom is 0.328 e. The van der Waals surface area contributed by atoms with E-state index in [2.05, 4.69) is 48.1 Å². The Bertz CT molecular complexity index is 1940. The van der Waals surface area contributed by atoms with Crippen LogP contribution in [0, 0.1) is 0 Å². The Morgan fingerprint density at radius 1 is 0.492 bits per heavy atom. The second kappa shape index (κ2) is 27.2. The Balaban J connectivity index is 1.75. The molecule has 0 heterocycles. The van der Waals surface area contributed by atoms with Gasteiger partial charge in [0, 0.05) is 28.7 Å². The van der Waals surface area contributed by atoms with Gasteiger partial charge in [-0.2, -0.15) is 0 Å². The molecule has 63 heavy (non-hydrogen) atoms. The summed E-state index contributed by atoms with van der Waals surface area (Å²) in [6.07, 6.45) is 7.46. The highest BCUT2D eigenvalue weighted by atomic mass is 16.4. The number of carbonyl (C=O) groups excluding carboxylic acids is 2. The molecule has 0 aliphatic carbocycles. The Kier molecular flexibility index (Phi) is 21.4. The van der Waals surface area contributed by atoms with Gasteiger partial charge in [0.15, 0.2) is 12.1 Å². The summed E-state index contributed by atoms with van der Waals surface area (Å²) in [6, 6.07) is 29.2. The molecule has 4 aromatic rings. The molecule has 2 atom stereocenters. The molecule has 4 aromatic carbocycles. The Labute approximate surface area is 373 Å². The van der Waals surface area contributed by atoms with Crippen LogP contribution >= 0.6 is 0 Å². The lowest BCUT2D eigenvalue weighted by molar-refractivity contribution is -0.140. The van der Waals surface area contributed by atoms with Crippen molar-refractivity contribution in [1.82, 2.24) is 9.80 Å². The summed E-state index contributed by atoms with van der Waals surface area (Å²) in [4.78, 5) is 67.3. The minimum absolute atomic E-state index is 0.202. The zero-order valence-corrected chi connectivity index (χ0v) is 37.5. The van der Waals surface area contributed by atoms with E-state index in [-0.39, 0.29) is 36.3 Å². The molecular weight excluding hydrogens is 793 g/mol. The van der Waals surface area contributed by atoms with E-state index in [9.17, 15) is 29.4 Å². The first kappa shape index (κ1) is 49.7. The number of amides is 2. The summed E-state index contributed by atoms with van der Waals surface area (Å²) >= 11 is 0. The summed E-state index contributed by atoms with van der Waals surface area (Å²) in [5.41, 5.74) is 3.63. The molecule has 0 aliphatic rings. The third-order valence-corrected chi connectivity index (χ3v) is 10.6. The van der Waals surface area contributed by atoms with Crippen molar-refractivity contribution in [2.24, 2.45) is 9.98 Å². The number of anilines is 2. The molecule has 0 aliphatic heterocycles. The van der Waals surface area contributed by atoms with E-state index in [0.717, 1.165) is 77.5 Å². The molecule has 0 fully saturated rings. The number of rotatable bonds is 28. The van der Waals surface area contributed by atoms with Crippen molar-refractivity contribution in [3.8, 4) is 0 Å². The molecule has 336 valence electrons. The molecule has 0 aromatic heterocycles. The number of aliphatic carboxylic acids is 2. The van der Waals surface area contributed by atoms with E-state index < -0.39 is 30.4 Å². The van der Waals surface area contributed by atoms with Gasteiger partial charge in [-0.05, 0) is 64.0 Å². The average molecular weight is 859 g/mol. The average Bonchev–Trinajstić information content (AvgIpc) is 3.29. The van der Waals surface area contributed by atoms with Crippen molar-refractivity contribution in [3.05, 3.63) is 131 Å². The lowest BCUT2D eigenvalue weighted by Crippen LogP contribution is -2.35. The lowest BCUT2D eigenvalue weighted by atomic mass is 9.98. The standard InChI is InChI=1S/C51H66N6O6/c1-5-9-31-56(32-10-6-2)36-46(58)52-42-29-21-19-27-40(42)48(38-23-15-13-16-24-38)54-44(50(60)61)35-45(51(62)63)55-49(39-25-17-14-18-26-39)41-28-20-22-30-43(41)53-47(59)37-57(33-11-7-3)34-12-8-4/h13-30,44-45H,5-12,31-37H2,1-4H3,(H,52,58)(H,53,59)(H,60,61)(H,62,63)/t44-,45-/m1/s1. The number of para-hydroxylation sites is 2. The van der Waals surface area contributed by atoms with E-state index in [1.54, 1.807) is 72.8 Å². The third-order valence-electron chi connectivity index (χ3n) is 10.6. The second-order valence-electron chi connectivity index (χ2n) is 15.8. The molecule has 12 heteroatoms. The third kappa shape index (κ3) is 16.3. The minimum Gasteiger partial charge on any atom is -0.480 e. The van der Waals surface area contributed by atoms with Crippen LogP contribution in [-0.4, -0.2) is 107 Å². The number of aliphatic imine (C=N–C) groups is 2. The van der Waals surface area contributed by atoms with Crippen LogP contribution in [0.5, 0.6) is 0 Å². The minimum atomic E-state index is -1.56. The molecular formula is C51H66N6O6. The molecule has 0 saturated heterocycles. The number of hydrogen-bond acceptors (Lipinski definition) is 8. The lowest BCUT2D eigenvalue weighted by Gasteiger charge is -2.22. The zero-order valence-electron chi connectivity index (χ0n) is 37.5.